The predicted octanol–water partition coefficient (Wildman–Crippen LogP) is 3.38. The van der Waals surface area contributed by atoms with Gasteiger partial charge in [0, 0.05) is 31.0 Å². The molecule has 0 aromatic heterocycles. The van der Waals surface area contributed by atoms with Gasteiger partial charge in [0.1, 0.15) is 10.7 Å². The number of carbonyl (C=O) groups is 1. The summed E-state index contributed by atoms with van der Waals surface area (Å²) in [6, 6.07) is 7.22. The Bertz CT molecular complexity index is 1070. The number of anilines is 2. The minimum atomic E-state index is -3.84. The van der Waals surface area contributed by atoms with E-state index in [0.717, 1.165) is 50.7 Å². The van der Waals surface area contributed by atoms with Crippen molar-refractivity contribution in [2.45, 2.75) is 24.2 Å². The smallest absolute Gasteiger partial charge is 0.288 e. The molecule has 3 rings (SSSR count). The van der Waals surface area contributed by atoms with Crippen LogP contribution in [-0.2, 0) is 9.84 Å². The summed E-state index contributed by atoms with van der Waals surface area (Å²) in [4.78, 5) is 24.7. The van der Waals surface area contributed by atoms with Gasteiger partial charge < -0.3 is 10.2 Å². The van der Waals surface area contributed by atoms with E-state index < -0.39 is 37.1 Å². The Hall–Kier alpha value is -3.01. The average molecular weight is 421 g/mol. The van der Waals surface area contributed by atoms with Crippen molar-refractivity contribution in [3.63, 3.8) is 0 Å². The highest BCUT2D eigenvalue weighted by Gasteiger charge is 2.24. The van der Waals surface area contributed by atoms with E-state index in [0.29, 0.717) is 5.69 Å². The number of benzene rings is 2. The monoisotopic (exact) mass is 421 g/mol. The lowest BCUT2D eigenvalue weighted by Crippen LogP contribution is -2.30. The van der Waals surface area contributed by atoms with Gasteiger partial charge in [-0.15, -0.1) is 0 Å². The van der Waals surface area contributed by atoms with Crippen LogP contribution in [-0.4, -0.2) is 38.6 Å². The number of amides is 1. The largest absolute Gasteiger partial charge is 0.370 e. The molecule has 1 aliphatic rings. The molecular formula is C19H20FN3O5S. The van der Waals surface area contributed by atoms with Gasteiger partial charge >= 0.3 is 0 Å². The Morgan fingerprint density at radius 2 is 1.83 bits per heavy atom. The summed E-state index contributed by atoms with van der Waals surface area (Å²) in [6.07, 6.45) is 3.94. The zero-order chi connectivity index (χ0) is 21.2. The second-order valence-electron chi connectivity index (χ2n) is 6.88. The van der Waals surface area contributed by atoms with Gasteiger partial charge in [-0.05, 0) is 49.6 Å². The molecule has 1 aliphatic heterocycles. The molecule has 0 radical (unpaired) electrons. The summed E-state index contributed by atoms with van der Waals surface area (Å²) in [5.41, 5.74) is 0.141. The lowest BCUT2D eigenvalue weighted by molar-refractivity contribution is -0.387. The zero-order valence-corrected chi connectivity index (χ0v) is 16.5. The molecule has 1 fully saturated rings. The van der Waals surface area contributed by atoms with Crippen molar-refractivity contribution in [2.24, 2.45) is 0 Å². The van der Waals surface area contributed by atoms with Crippen molar-refractivity contribution < 1.29 is 22.5 Å². The maximum Gasteiger partial charge on any atom is 0.288 e. The number of nitro benzene ring substituents is 1. The molecule has 1 saturated heterocycles. The Morgan fingerprint density at radius 1 is 1.14 bits per heavy atom. The number of rotatable bonds is 5. The van der Waals surface area contributed by atoms with Gasteiger partial charge in [-0.3, -0.25) is 14.9 Å². The number of hydrogen-bond donors (Lipinski definition) is 1. The van der Waals surface area contributed by atoms with Crippen LogP contribution in [0, 0.1) is 15.9 Å². The van der Waals surface area contributed by atoms with Crippen LogP contribution in [0.3, 0.4) is 0 Å². The molecule has 0 saturated carbocycles. The number of sulfone groups is 1. The van der Waals surface area contributed by atoms with Crippen molar-refractivity contribution in [1.29, 1.82) is 0 Å². The highest BCUT2D eigenvalue weighted by molar-refractivity contribution is 7.90. The molecule has 2 aromatic rings. The Morgan fingerprint density at radius 3 is 2.45 bits per heavy atom. The fourth-order valence-electron chi connectivity index (χ4n) is 3.33. The first kappa shape index (κ1) is 20.7. The van der Waals surface area contributed by atoms with E-state index in [-0.39, 0.29) is 11.3 Å². The van der Waals surface area contributed by atoms with Crippen molar-refractivity contribution in [2.75, 3.05) is 29.6 Å². The van der Waals surface area contributed by atoms with Crippen LogP contribution in [0.2, 0.25) is 0 Å². The molecule has 0 atom stereocenters. The highest BCUT2D eigenvalue weighted by Crippen LogP contribution is 2.31. The van der Waals surface area contributed by atoms with Gasteiger partial charge in [-0.2, -0.15) is 0 Å². The average Bonchev–Trinajstić information content (AvgIpc) is 2.67. The molecule has 8 nitrogen and oxygen atoms in total. The molecule has 0 aliphatic carbocycles. The van der Waals surface area contributed by atoms with Gasteiger partial charge in [0.05, 0.1) is 16.3 Å². The number of nitro groups is 1. The van der Waals surface area contributed by atoms with E-state index >= 15 is 0 Å². The van der Waals surface area contributed by atoms with Crippen LogP contribution in [0.1, 0.15) is 29.6 Å². The van der Waals surface area contributed by atoms with Crippen molar-refractivity contribution in [1.82, 2.24) is 0 Å². The summed E-state index contributed by atoms with van der Waals surface area (Å²) < 4.78 is 37.3. The van der Waals surface area contributed by atoms with E-state index in [4.69, 9.17) is 0 Å². The lowest BCUT2D eigenvalue weighted by Gasteiger charge is -2.30. The summed E-state index contributed by atoms with van der Waals surface area (Å²) in [5.74, 6) is -1.23. The topological polar surface area (TPSA) is 110 Å². The van der Waals surface area contributed by atoms with E-state index in [1.807, 2.05) is 4.90 Å². The Labute approximate surface area is 167 Å². The minimum absolute atomic E-state index is 0.0991. The minimum Gasteiger partial charge on any atom is -0.370 e. The number of piperidine rings is 1. The number of hydrogen-bond acceptors (Lipinski definition) is 6. The van der Waals surface area contributed by atoms with Crippen molar-refractivity contribution in [3.05, 3.63) is 57.9 Å². The number of nitrogens with zero attached hydrogens (tertiary/aromatic N) is 2. The van der Waals surface area contributed by atoms with Crippen LogP contribution in [0.15, 0.2) is 41.3 Å². The third-order valence-corrected chi connectivity index (χ3v) is 5.87. The first-order valence-electron chi connectivity index (χ1n) is 9.01. The van der Waals surface area contributed by atoms with Crippen LogP contribution in [0.4, 0.5) is 21.5 Å². The number of halogens is 1. The van der Waals surface area contributed by atoms with Gasteiger partial charge in [-0.25, -0.2) is 12.8 Å². The molecule has 10 heteroatoms. The number of nitrogens with one attached hydrogen (secondary N) is 1. The van der Waals surface area contributed by atoms with Gasteiger partial charge in [0.15, 0.2) is 9.84 Å². The molecular weight excluding hydrogens is 401 g/mol. The van der Waals surface area contributed by atoms with Crippen LogP contribution < -0.4 is 10.2 Å². The van der Waals surface area contributed by atoms with E-state index in [9.17, 15) is 27.7 Å². The summed E-state index contributed by atoms with van der Waals surface area (Å²) in [5, 5.41) is 13.9. The van der Waals surface area contributed by atoms with Crippen molar-refractivity contribution >= 4 is 32.8 Å². The summed E-state index contributed by atoms with van der Waals surface area (Å²) in [7, 11) is -3.84. The second kappa shape index (κ2) is 8.16. The van der Waals surface area contributed by atoms with E-state index in [1.54, 1.807) is 6.07 Å². The highest BCUT2D eigenvalue weighted by atomic mass is 32.2. The van der Waals surface area contributed by atoms with Crippen LogP contribution >= 0.6 is 0 Å². The molecule has 1 heterocycles. The second-order valence-corrected chi connectivity index (χ2v) is 8.86. The van der Waals surface area contributed by atoms with Crippen LogP contribution in [0.5, 0.6) is 0 Å². The standard InChI is InChI=1S/C19H20FN3O5S/c1-29(27,28)18-8-5-13(11-17(18)23(25)26)19(24)21-15-12-14(20)6-7-16(15)22-9-3-2-4-10-22/h5-8,11-12H,2-4,9-10H2,1H3,(H,21,24). The maximum atomic E-state index is 13.8. The molecule has 0 bridgehead atoms. The first-order chi connectivity index (χ1) is 13.7. The SMILES string of the molecule is CS(=O)(=O)c1ccc(C(=O)Nc2cc(F)ccc2N2CCCCC2)cc1[N+](=O)[O-]. The predicted molar refractivity (Wildman–Crippen MR) is 107 cm³/mol. The molecule has 29 heavy (non-hydrogen) atoms. The van der Waals surface area contributed by atoms with Gasteiger partial charge in [-0.1, -0.05) is 0 Å². The van der Waals surface area contributed by atoms with Crippen LogP contribution in [0.25, 0.3) is 0 Å². The molecule has 154 valence electrons. The molecule has 1 amide bonds. The molecule has 2 aromatic carbocycles. The maximum absolute atomic E-state index is 13.8. The summed E-state index contributed by atoms with van der Waals surface area (Å²) in [6.45, 7) is 1.56. The van der Waals surface area contributed by atoms with E-state index in [2.05, 4.69) is 5.32 Å². The van der Waals surface area contributed by atoms with Gasteiger partial charge in [0.2, 0.25) is 0 Å². The lowest BCUT2D eigenvalue weighted by atomic mass is 10.1. The Kier molecular flexibility index (Phi) is 5.83. The molecule has 0 spiro atoms. The van der Waals surface area contributed by atoms with Crippen molar-refractivity contribution in [3.8, 4) is 0 Å². The fraction of sp³-hybridized carbons (Fsp3) is 0.316. The number of carbonyl (C=O) groups excluding carboxylic acids is 1. The van der Waals surface area contributed by atoms with E-state index in [1.165, 1.54) is 18.2 Å². The Balaban J connectivity index is 1.94. The first-order valence-corrected chi connectivity index (χ1v) is 10.9. The molecule has 1 N–H and O–H groups in total. The third kappa shape index (κ3) is 4.70. The quantitative estimate of drug-likeness (QED) is 0.585. The fourth-order valence-corrected chi connectivity index (χ4v) is 4.16. The zero-order valence-electron chi connectivity index (χ0n) is 15.7. The molecule has 0 unspecified atom stereocenters. The van der Waals surface area contributed by atoms with Gasteiger partial charge in [0.25, 0.3) is 11.6 Å². The summed E-state index contributed by atoms with van der Waals surface area (Å²) >= 11 is 0. The normalized spacial score (nSPS) is 14.5. The third-order valence-electron chi connectivity index (χ3n) is 4.72.